The van der Waals surface area contributed by atoms with Gasteiger partial charge in [0.2, 0.25) is 0 Å². The quantitative estimate of drug-likeness (QED) is 0.654. The molecule has 0 spiro atoms. The van der Waals surface area contributed by atoms with Crippen LogP contribution in [-0.2, 0) is 6.42 Å². The van der Waals surface area contributed by atoms with Gasteiger partial charge in [0.15, 0.2) is 0 Å². The molecule has 1 aromatic heterocycles. The molecule has 18 heavy (non-hydrogen) atoms. The highest BCUT2D eigenvalue weighted by Crippen LogP contribution is 2.28. The molecule has 0 aliphatic carbocycles. The Morgan fingerprint density at radius 2 is 2.11 bits per heavy atom. The molecule has 0 bridgehead atoms. The van der Waals surface area contributed by atoms with Gasteiger partial charge in [0, 0.05) is 15.3 Å². The maximum Gasteiger partial charge on any atom is 0.129 e. The van der Waals surface area contributed by atoms with Crippen molar-refractivity contribution < 1.29 is 4.74 Å². The molecule has 0 amide bonds. The first-order valence-corrected chi connectivity index (χ1v) is 6.81. The molecule has 96 valence electrons. The third-order valence-corrected chi connectivity index (χ3v) is 4.01. The lowest BCUT2D eigenvalue weighted by Gasteiger charge is -2.14. The van der Waals surface area contributed by atoms with Gasteiger partial charge in [-0.3, -0.25) is 11.3 Å². The lowest BCUT2D eigenvalue weighted by molar-refractivity contribution is 0.415. The van der Waals surface area contributed by atoms with Crippen LogP contribution in [0.1, 0.15) is 16.5 Å². The highest BCUT2D eigenvalue weighted by Gasteiger charge is 2.13. The molecule has 2 rings (SSSR count). The predicted molar refractivity (Wildman–Crippen MR) is 76.1 cm³/mol. The van der Waals surface area contributed by atoms with Crippen LogP contribution in [0, 0.1) is 0 Å². The Morgan fingerprint density at radius 3 is 2.67 bits per heavy atom. The van der Waals surface area contributed by atoms with Crippen LogP contribution in [0.3, 0.4) is 0 Å². The average molecular weight is 283 g/mol. The van der Waals surface area contributed by atoms with Gasteiger partial charge in [-0.25, -0.2) is 0 Å². The molecule has 1 atom stereocenters. The summed E-state index contributed by atoms with van der Waals surface area (Å²) in [5.74, 6) is 6.49. The highest BCUT2D eigenvalue weighted by atomic mass is 35.5. The summed E-state index contributed by atoms with van der Waals surface area (Å²) in [5, 5.41) is 2.72. The molecule has 0 aliphatic heterocycles. The lowest BCUT2D eigenvalue weighted by Crippen LogP contribution is -2.28. The molecular weight excluding hydrogens is 268 g/mol. The van der Waals surface area contributed by atoms with Gasteiger partial charge >= 0.3 is 0 Å². The van der Waals surface area contributed by atoms with Gasteiger partial charge in [0.1, 0.15) is 5.75 Å². The van der Waals surface area contributed by atoms with E-state index in [0.29, 0.717) is 0 Å². The van der Waals surface area contributed by atoms with Gasteiger partial charge in [-0.05, 0) is 30.2 Å². The monoisotopic (exact) mass is 282 g/mol. The minimum atomic E-state index is 0.0834. The lowest BCUT2D eigenvalue weighted by atomic mass is 10.1. The Labute approximate surface area is 116 Å². The van der Waals surface area contributed by atoms with E-state index in [4.69, 9.17) is 22.2 Å². The number of nitrogens with one attached hydrogen (secondary N) is 1. The van der Waals surface area contributed by atoms with Gasteiger partial charge in [0.25, 0.3) is 0 Å². The van der Waals surface area contributed by atoms with Crippen molar-refractivity contribution in [3.8, 4) is 5.75 Å². The molecule has 0 saturated carbocycles. The van der Waals surface area contributed by atoms with Gasteiger partial charge in [0.05, 0.1) is 13.2 Å². The molecule has 0 aliphatic rings. The second kappa shape index (κ2) is 6.20. The fourth-order valence-corrected chi connectivity index (χ4v) is 2.76. The van der Waals surface area contributed by atoms with Crippen LogP contribution in [0.25, 0.3) is 0 Å². The second-order valence-corrected chi connectivity index (χ2v) is 5.32. The third kappa shape index (κ3) is 3.23. The summed E-state index contributed by atoms with van der Waals surface area (Å²) >= 11 is 7.50. The summed E-state index contributed by atoms with van der Waals surface area (Å²) < 4.78 is 5.18. The van der Waals surface area contributed by atoms with Crippen LogP contribution in [0.4, 0.5) is 0 Å². The minimum Gasteiger partial charge on any atom is -0.496 e. The number of hydrogen-bond donors (Lipinski definition) is 2. The summed E-state index contributed by atoms with van der Waals surface area (Å²) in [4.78, 5) is 1.16. The minimum absolute atomic E-state index is 0.0834. The van der Waals surface area contributed by atoms with Crippen molar-refractivity contribution >= 4 is 22.9 Å². The first-order chi connectivity index (χ1) is 8.72. The van der Waals surface area contributed by atoms with E-state index < -0.39 is 0 Å². The number of hydrogen-bond acceptors (Lipinski definition) is 4. The molecular formula is C13H15ClN2OS. The van der Waals surface area contributed by atoms with Crippen LogP contribution < -0.4 is 16.0 Å². The summed E-state index contributed by atoms with van der Waals surface area (Å²) in [7, 11) is 1.66. The van der Waals surface area contributed by atoms with Crippen LogP contribution >= 0.6 is 22.9 Å². The van der Waals surface area contributed by atoms with Crippen LogP contribution in [-0.4, -0.2) is 7.11 Å². The van der Waals surface area contributed by atoms with Gasteiger partial charge in [-0.2, -0.15) is 0 Å². The maximum absolute atomic E-state index is 5.87. The number of ether oxygens (including phenoxy) is 1. The molecule has 3 N–H and O–H groups in total. The highest BCUT2D eigenvalue weighted by molar-refractivity contribution is 7.10. The van der Waals surface area contributed by atoms with E-state index in [2.05, 4.69) is 5.43 Å². The van der Waals surface area contributed by atoms with Crippen molar-refractivity contribution in [1.29, 1.82) is 0 Å². The summed E-state index contributed by atoms with van der Waals surface area (Å²) in [6, 6.07) is 9.89. The maximum atomic E-state index is 5.87. The molecule has 0 radical (unpaired) electrons. The first-order valence-electron chi connectivity index (χ1n) is 5.56. The standard InChI is InChI=1S/C13H15ClN2OS/c1-17-11-7-13(18-8-11)12(16-15)6-9-2-4-10(14)5-3-9/h2-5,7-8,12,16H,6,15H2,1H3. The number of benzene rings is 1. The summed E-state index contributed by atoms with van der Waals surface area (Å²) in [6.45, 7) is 0. The number of halogens is 1. The van der Waals surface area contributed by atoms with E-state index in [1.54, 1.807) is 18.4 Å². The fourth-order valence-electron chi connectivity index (χ4n) is 1.72. The molecule has 3 nitrogen and oxygen atoms in total. The zero-order chi connectivity index (χ0) is 13.0. The van der Waals surface area contributed by atoms with Crippen LogP contribution in [0.15, 0.2) is 35.7 Å². The molecule has 1 aromatic carbocycles. The van der Waals surface area contributed by atoms with Crippen molar-refractivity contribution in [3.05, 3.63) is 51.2 Å². The van der Waals surface area contributed by atoms with E-state index in [0.717, 1.165) is 22.1 Å². The van der Waals surface area contributed by atoms with E-state index in [9.17, 15) is 0 Å². The molecule has 0 saturated heterocycles. The Morgan fingerprint density at radius 1 is 1.39 bits per heavy atom. The van der Waals surface area contributed by atoms with Crippen LogP contribution in [0.2, 0.25) is 5.02 Å². The molecule has 5 heteroatoms. The van der Waals surface area contributed by atoms with Gasteiger partial charge in [-0.1, -0.05) is 23.7 Å². The molecule has 0 fully saturated rings. The van der Waals surface area contributed by atoms with Gasteiger partial charge < -0.3 is 4.74 Å². The van der Waals surface area contributed by atoms with Crippen molar-refractivity contribution in [2.75, 3.05) is 7.11 Å². The van der Waals surface area contributed by atoms with E-state index >= 15 is 0 Å². The first kappa shape index (κ1) is 13.4. The van der Waals surface area contributed by atoms with Crippen molar-refractivity contribution in [3.63, 3.8) is 0 Å². The topological polar surface area (TPSA) is 47.3 Å². The van der Waals surface area contributed by atoms with E-state index in [1.165, 1.54) is 5.56 Å². The van der Waals surface area contributed by atoms with Crippen molar-refractivity contribution in [2.24, 2.45) is 5.84 Å². The van der Waals surface area contributed by atoms with E-state index in [-0.39, 0.29) is 6.04 Å². The number of nitrogens with two attached hydrogens (primary N) is 1. The molecule has 2 aromatic rings. The number of thiophene rings is 1. The number of rotatable bonds is 5. The Bertz CT molecular complexity index is 498. The number of methoxy groups -OCH3 is 1. The molecule has 1 unspecified atom stereocenters. The van der Waals surface area contributed by atoms with Crippen molar-refractivity contribution in [2.45, 2.75) is 12.5 Å². The second-order valence-electron chi connectivity index (χ2n) is 3.94. The predicted octanol–water partition coefficient (Wildman–Crippen LogP) is 3.16. The van der Waals surface area contributed by atoms with Crippen LogP contribution in [0.5, 0.6) is 5.75 Å². The molecule has 1 heterocycles. The normalized spacial score (nSPS) is 12.4. The zero-order valence-corrected chi connectivity index (χ0v) is 11.6. The number of hydrazine groups is 1. The average Bonchev–Trinajstić information content (AvgIpc) is 2.87. The van der Waals surface area contributed by atoms with E-state index in [1.807, 2.05) is 35.7 Å². The third-order valence-electron chi connectivity index (χ3n) is 2.73. The fraction of sp³-hybridized carbons (Fsp3) is 0.231. The zero-order valence-electron chi connectivity index (χ0n) is 10.0. The summed E-state index contributed by atoms with van der Waals surface area (Å²) in [6.07, 6.45) is 0.817. The smallest absolute Gasteiger partial charge is 0.129 e. The van der Waals surface area contributed by atoms with Crippen molar-refractivity contribution in [1.82, 2.24) is 5.43 Å². The van der Waals surface area contributed by atoms with Gasteiger partial charge in [-0.15, -0.1) is 11.3 Å². The summed E-state index contributed by atoms with van der Waals surface area (Å²) in [5.41, 5.74) is 4.03. The Hall–Kier alpha value is -1.07. The Balaban J connectivity index is 2.11. The Kier molecular flexibility index (Phi) is 4.60. The SMILES string of the molecule is COc1csc(C(Cc2ccc(Cl)cc2)NN)c1. The largest absolute Gasteiger partial charge is 0.496 e.